The number of pyridine rings is 1. The van der Waals surface area contributed by atoms with Gasteiger partial charge in [0.05, 0.1) is 32.0 Å². The van der Waals surface area contributed by atoms with Gasteiger partial charge in [-0.05, 0) is 42.5 Å². The van der Waals surface area contributed by atoms with Crippen LogP contribution in [0, 0.1) is 0 Å². The van der Waals surface area contributed by atoms with Crippen molar-refractivity contribution in [3.05, 3.63) is 54.2 Å². The summed E-state index contributed by atoms with van der Waals surface area (Å²) in [6, 6.07) is 13.9. The largest absolute Gasteiger partial charge is 0.355 e. The van der Waals surface area contributed by atoms with Crippen molar-refractivity contribution < 1.29 is 4.21 Å². The van der Waals surface area contributed by atoms with Gasteiger partial charge in [-0.1, -0.05) is 6.92 Å². The monoisotopic (exact) mass is 353 g/mol. The van der Waals surface area contributed by atoms with Crippen LogP contribution in [-0.2, 0) is 10.8 Å². The number of anilines is 2. The molecule has 1 unspecified atom stereocenters. The number of benzene rings is 2. The van der Waals surface area contributed by atoms with Crippen LogP contribution < -0.4 is 5.32 Å². The summed E-state index contributed by atoms with van der Waals surface area (Å²) in [5.41, 5.74) is 5.64. The van der Waals surface area contributed by atoms with Crippen LogP contribution in [0.5, 0.6) is 0 Å². The second-order valence-electron chi connectivity index (χ2n) is 5.33. The van der Waals surface area contributed by atoms with Gasteiger partial charge in [-0.25, -0.2) is 4.98 Å². The van der Waals surface area contributed by atoms with E-state index in [0.717, 1.165) is 32.7 Å². The Balaban J connectivity index is 1.78. The van der Waals surface area contributed by atoms with Crippen LogP contribution in [0.25, 0.3) is 21.1 Å². The molecular weight excluding hydrogens is 338 g/mol. The lowest BCUT2D eigenvalue weighted by molar-refractivity contribution is 0.684. The van der Waals surface area contributed by atoms with E-state index in [1.807, 2.05) is 48.8 Å². The number of hydrogen-bond acceptors (Lipinski definition) is 5. The lowest BCUT2D eigenvalue weighted by Gasteiger charge is -2.10. The number of hydrogen-bond donors (Lipinski definition) is 1. The summed E-state index contributed by atoms with van der Waals surface area (Å²) in [7, 11) is -0.979. The van der Waals surface area contributed by atoms with Crippen LogP contribution in [0.15, 0.2) is 59.1 Å². The molecule has 0 fully saturated rings. The number of thiazole rings is 1. The van der Waals surface area contributed by atoms with Gasteiger partial charge in [-0.2, -0.15) is 0 Å². The molecule has 4 nitrogen and oxygen atoms in total. The molecule has 2 heterocycles. The van der Waals surface area contributed by atoms with Gasteiger partial charge < -0.3 is 5.32 Å². The first-order chi connectivity index (χ1) is 11.7. The number of rotatable bonds is 4. The molecule has 0 spiro atoms. The summed E-state index contributed by atoms with van der Waals surface area (Å²) >= 11 is 1.63. The molecule has 0 radical (unpaired) electrons. The van der Waals surface area contributed by atoms with Crippen LogP contribution >= 0.6 is 11.3 Å². The molecular formula is C18H15N3OS2. The van der Waals surface area contributed by atoms with Gasteiger partial charge in [0.2, 0.25) is 0 Å². The van der Waals surface area contributed by atoms with Crippen molar-refractivity contribution in [1.82, 2.24) is 9.97 Å². The predicted molar refractivity (Wildman–Crippen MR) is 102 cm³/mol. The van der Waals surface area contributed by atoms with E-state index in [4.69, 9.17) is 0 Å². The molecule has 120 valence electrons. The second-order valence-corrected chi connectivity index (χ2v) is 7.96. The first-order valence-electron chi connectivity index (χ1n) is 7.62. The average molecular weight is 353 g/mol. The predicted octanol–water partition coefficient (Wildman–Crippen LogP) is 4.72. The van der Waals surface area contributed by atoms with E-state index in [1.165, 1.54) is 4.70 Å². The van der Waals surface area contributed by atoms with E-state index < -0.39 is 10.8 Å². The van der Waals surface area contributed by atoms with Gasteiger partial charge in [0.25, 0.3) is 0 Å². The number of aromatic nitrogens is 2. The fraction of sp³-hybridized carbons (Fsp3) is 0.111. The van der Waals surface area contributed by atoms with Crippen molar-refractivity contribution in [3.8, 4) is 0 Å². The molecule has 1 atom stereocenters. The summed E-state index contributed by atoms with van der Waals surface area (Å²) in [6.45, 7) is 1.92. The van der Waals surface area contributed by atoms with E-state index in [9.17, 15) is 4.21 Å². The first-order valence-corrected chi connectivity index (χ1v) is 9.82. The van der Waals surface area contributed by atoms with Crippen molar-refractivity contribution >= 4 is 54.6 Å². The minimum Gasteiger partial charge on any atom is -0.355 e. The van der Waals surface area contributed by atoms with Gasteiger partial charge in [0.15, 0.2) is 0 Å². The standard InChI is InChI=1S/C18H15N3OS2/c1-2-24(22)13-4-5-15-14(10-13)16(7-8-19-15)21-12-3-6-18-17(9-12)20-11-23-18/h3-11H,2H2,1H3,(H,19,21). The van der Waals surface area contributed by atoms with E-state index >= 15 is 0 Å². The maximum atomic E-state index is 12.1. The minimum atomic E-state index is -0.979. The zero-order valence-corrected chi connectivity index (χ0v) is 14.7. The van der Waals surface area contributed by atoms with Crippen molar-refractivity contribution in [2.75, 3.05) is 11.1 Å². The van der Waals surface area contributed by atoms with E-state index in [-0.39, 0.29) is 0 Å². The van der Waals surface area contributed by atoms with E-state index in [1.54, 1.807) is 17.5 Å². The smallest absolute Gasteiger partial charge is 0.0832 e. The average Bonchev–Trinajstić information content (AvgIpc) is 3.09. The molecule has 2 aromatic carbocycles. The highest BCUT2D eigenvalue weighted by molar-refractivity contribution is 7.85. The van der Waals surface area contributed by atoms with Crippen molar-refractivity contribution in [2.24, 2.45) is 0 Å². The van der Waals surface area contributed by atoms with Crippen LogP contribution in [0.3, 0.4) is 0 Å². The molecule has 0 saturated carbocycles. The van der Waals surface area contributed by atoms with Gasteiger partial charge in [-0.15, -0.1) is 11.3 Å². The Hall–Kier alpha value is -2.31. The summed E-state index contributed by atoms with van der Waals surface area (Å²) < 4.78 is 13.3. The number of fused-ring (bicyclic) bond motifs is 2. The van der Waals surface area contributed by atoms with Crippen LogP contribution in [-0.4, -0.2) is 19.9 Å². The summed E-state index contributed by atoms with van der Waals surface area (Å²) in [5, 5.41) is 4.41. The van der Waals surface area contributed by atoms with Gasteiger partial charge in [-0.3, -0.25) is 9.19 Å². The first kappa shape index (κ1) is 15.2. The Bertz CT molecular complexity index is 1060. The normalized spacial score (nSPS) is 12.5. The molecule has 0 aliphatic rings. The maximum Gasteiger partial charge on any atom is 0.0832 e. The maximum absolute atomic E-state index is 12.1. The third-order valence-corrected chi connectivity index (χ3v) is 5.96. The fourth-order valence-electron chi connectivity index (χ4n) is 2.63. The summed E-state index contributed by atoms with van der Waals surface area (Å²) in [5.74, 6) is 0.606. The zero-order valence-electron chi connectivity index (χ0n) is 13.0. The zero-order chi connectivity index (χ0) is 16.5. The van der Waals surface area contributed by atoms with Crippen LogP contribution in [0.4, 0.5) is 11.4 Å². The molecule has 2 aromatic heterocycles. The number of nitrogens with one attached hydrogen (secondary N) is 1. The molecule has 0 bridgehead atoms. The third kappa shape index (κ3) is 2.79. The van der Waals surface area contributed by atoms with Gasteiger partial charge in [0.1, 0.15) is 0 Å². The van der Waals surface area contributed by atoms with Crippen LogP contribution in [0.2, 0.25) is 0 Å². The molecule has 0 amide bonds. The molecule has 24 heavy (non-hydrogen) atoms. The highest BCUT2D eigenvalue weighted by Crippen LogP contribution is 2.29. The lowest BCUT2D eigenvalue weighted by atomic mass is 10.2. The van der Waals surface area contributed by atoms with Gasteiger partial charge in [0, 0.05) is 33.6 Å². The Morgan fingerprint density at radius 3 is 2.88 bits per heavy atom. The molecule has 0 saturated heterocycles. The molecule has 6 heteroatoms. The quantitative estimate of drug-likeness (QED) is 0.577. The van der Waals surface area contributed by atoms with Crippen molar-refractivity contribution in [3.63, 3.8) is 0 Å². The number of nitrogens with zero attached hydrogens (tertiary/aromatic N) is 2. The Kier molecular flexibility index (Phi) is 4.00. The second kappa shape index (κ2) is 6.30. The van der Waals surface area contributed by atoms with E-state index in [0.29, 0.717) is 5.75 Å². The molecule has 4 rings (SSSR count). The molecule has 1 N–H and O–H groups in total. The highest BCUT2D eigenvalue weighted by atomic mass is 32.2. The molecule has 4 aromatic rings. The Labute approximate surface area is 146 Å². The highest BCUT2D eigenvalue weighted by Gasteiger charge is 2.08. The lowest BCUT2D eigenvalue weighted by Crippen LogP contribution is -1.96. The fourth-order valence-corrected chi connectivity index (χ4v) is 4.09. The van der Waals surface area contributed by atoms with Crippen LogP contribution in [0.1, 0.15) is 6.92 Å². The Morgan fingerprint density at radius 1 is 1.08 bits per heavy atom. The third-order valence-electron chi connectivity index (χ3n) is 3.85. The van der Waals surface area contributed by atoms with Gasteiger partial charge >= 0.3 is 0 Å². The molecule has 0 aliphatic carbocycles. The Morgan fingerprint density at radius 2 is 2.00 bits per heavy atom. The van der Waals surface area contributed by atoms with Crippen molar-refractivity contribution in [1.29, 1.82) is 0 Å². The summed E-state index contributed by atoms with van der Waals surface area (Å²) in [6.07, 6.45) is 1.78. The SMILES string of the molecule is CCS(=O)c1ccc2nccc(Nc3ccc4scnc4c3)c2c1. The minimum absolute atomic E-state index is 0.606. The molecule has 0 aliphatic heterocycles. The van der Waals surface area contributed by atoms with Crippen molar-refractivity contribution in [2.45, 2.75) is 11.8 Å². The summed E-state index contributed by atoms with van der Waals surface area (Å²) in [4.78, 5) is 9.59. The topological polar surface area (TPSA) is 54.9 Å². The van der Waals surface area contributed by atoms with E-state index in [2.05, 4.69) is 21.4 Å².